The van der Waals surface area contributed by atoms with Crippen molar-refractivity contribution < 1.29 is 19.1 Å². The number of benzene rings is 1. The second-order valence-electron chi connectivity index (χ2n) is 8.45. The van der Waals surface area contributed by atoms with Crippen molar-refractivity contribution in [1.29, 1.82) is 0 Å². The Balaban J connectivity index is 1.51. The van der Waals surface area contributed by atoms with Crippen molar-refractivity contribution in [1.82, 2.24) is 24.7 Å². The van der Waals surface area contributed by atoms with Gasteiger partial charge in [0.25, 0.3) is 5.56 Å². The first-order chi connectivity index (χ1) is 15.8. The van der Waals surface area contributed by atoms with Crippen LogP contribution in [0.3, 0.4) is 0 Å². The molecule has 0 aliphatic carbocycles. The van der Waals surface area contributed by atoms with Crippen molar-refractivity contribution in [3.63, 3.8) is 0 Å². The number of hydrogen-bond donors (Lipinski definition) is 1. The fourth-order valence-corrected chi connectivity index (χ4v) is 3.93. The van der Waals surface area contributed by atoms with Crippen LogP contribution >= 0.6 is 0 Å². The van der Waals surface area contributed by atoms with E-state index in [-0.39, 0.29) is 23.4 Å². The summed E-state index contributed by atoms with van der Waals surface area (Å²) >= 11 is 0. The van der Waals surface area contributed by atoms with Crippen LogP contribution in [0, 0.1) is 0 Å². The summed E-state index contributed by atoms with van der Waals surface area (Å²) in [6.07, 6.45) is 2.39. The number of aromatic nitrogens is 2. The summed E-state index contributed by atoms with van der Waals surface area (Å²) in [6.45, 7) is 7.19. The van der Waals surface area contributed by atoms with Gasteiger partial charge in [0.2, 0.25) is 11.8 Å². The predicted octanol–water partition coefficient (Wildman–Crippen LogP) is 0.863. The van der Waals surface area contributed by atoms with E-state index in [0.29, 0.717) is 74.5 Å². The molecule has 0 spiro atoms. The molecule has 1 aromatic carbocycles. The number of aryl methyl sites for hydroxylation is 1. The lowest BCUT2D eigenvalue weighted by Crippen LogP contribution is -2.51. The van der Waals surface area contributed by atoms with Gasteiger partial charge in [0.1, 0.15) is 0 Å². The minimum Gasteiger partial charge on any atom is -0.493 e. The van der Waals surface area contributed by atoms with Gasteiger partial charge in [0.15, 0.2) is 11.5 Å². The molecule has 0 radical (unpaired) electrons. The van der Waals surface area contributed by atoms with Gasteiger partial charge in [-0.25, -0.2) is 4.98 Å². The zero-order chi connectivity index (χ0) is 24.0. The van der Waals surface area contributed by atoms with Crippen molar-refractivity contribution in [3.8, 4) is 11.5 Å². The van der Waals surface area contributed by atoms with Crippen LogP contribution in [0.2, 0.25) is 0 Å². The first kappa shape index (κ1) is 24.5. The summed E-state index contributed by atoms with van der Waals surface area (Å²) in [5, 5.41) is 3.33. The van der Waals surface area contributed by atoms with Crippen LogP contribution in [0.4, 0.5) is 0 Å². The number of amides is 2. The normalized spacial score (nSPS) is 14.5. The van der Waals surface area contributed by atoms with E-state index in [0.717, 1.165) is 0 Å². The third-order valence-corrected chi connectivity index (χ3v) is 5.66. The highest BCUT2D eigenvalue weighted by molar-refractivity contribution is 5.81. The molecule has 33 heavy (non-hydrogen) atoms. The lowest BCUT2D eigenvalue weighted by molar-refractivity contribution is -0.133. The first-order valence-corrected chi connectivity index (χ1v) is 11.2. The second-order valence-corrected chi connectivity index (χ2v) is 8.45. The quantitative estimate of drug-likeness (QED) is 0.593. The first-order valence-electron chi connectivity index (χ1n) is 11.2. The molecule has 180 valence electrons. The smallest absolute Gasteiger partial charge is 0.261 e. The minimum absolute atomic E-state index is 0.00952. The zero-order valence-corrected chi connectivity index (χ0v) is 19.8. The van der Waals surface area contributed by atoms with Gasteiger partial charge in [-0.1, -0.05) is 0 Å². The number of nitrogens with zero attached hydrogens (tertiary/aromatic N) is 4. The van der Waals surface area contributed by atoms with Crippen LogP contribution in [0.5, 0.6) is 11.5 Å². The lowest BCUT2D eigenvalue weighted by Gasteiger charge is -2.34. The van der Waals surface area contributed by atoms with Gasteiger partial charge in [-0.15, -0.1) is 0 Å². The number of methoxy groups -OCH3 is 2. The molecule has 10 nitrogen and oxygen atoms in total. The zero-order valence-electron chi connectivity index (χ0n) is 19.8. The summed E-state index contributed by atoms with van der Waals surface area (Å²) in [4.78, 5) is 45.6. The van der Waals surface area contributed by atoms with Gasteiger partial charge in [0.05, 0.1) is 38.0 Å². The molecule has 1 saturated heterocycles. The Morgan fingerprint density at radius 1 is 1.09 bits per heavy atom. The van der Waals surface area contributed by atoms with Crippen LogP contribution in [0.1, 0.15) is 26.7 Å². The van der Waals surface area contributed by atoms with E-state index in [2.05, 4.69) is 15.2 Å². The molecular weight excluding hydrogens is 426 g/mol. The molecule has 1 aliphatic heterocycles. The molecule has 1 fully saturated rings. The van der Waals surface area contributed by atoms with E-state index in [1.165, 1.54) is 25.1 Å². The van der Waals surface area contributed by atoms with Crippen LogP contribution in [0.15, 0.2) is 23.3 Å². The molecule has 0 unspecified atom stereocenters. The molecule has 2 aromatic rings. The number of piperazine rings is 1. The molecule has 0 bridgehead atoms. The van der Waals surface area contributed by atoms with Crippen LogP contribution in [-0.4, -0.2) is 84.2 Å². The van der Waals surface area contributed by atoms with Crippen molar-refractivity contribution >= 4 is 22.7 Å². The lowest BCUT2D eigenvalue weighted by atomic mass is 10.2. The van der Waals surface area contributed by atoms with Crippen LogP contribution in [0.25, 0.3) is 10.9 Å². The van der Waals surface area contributed by atoms with Gasteiger partial charge >= 0.3 is 0 Å². The van der Waals surface area contributed by atoms with Crippen LogP contribution < -0.4 is 20.3 Å². The van der Waals surface area contributed by atoms with Gasteiger partial charge < -0.3 is 19.7 Å². The molecule has 3 rings (SSSR count). The minimum atomic E-state index is -0.179. The van der Waals surface area contributed by atoms with E-state index < -0.39 is 0 Å². The van der Waals surface area contributed by atoms with E-state index in [4.69, 9.17) is 9.47 Å². The summed E-state index contributed by atoms with van der Waals surface area (Å²) in [7, 11) is 3.05. The molecule has 1 aromatic heterocycles. The number of carbonyl (C=O) groups excluding carboxylic acids is 2. The fourth-order valence-electron chi connectivity index (χ4n) is 3.93. The standard InChI is InChI=1S/C23H33N5O5/c1-16(2)25-21(29)14-26-8-10-27(11-9-26)22(30)6-5-7-28-15-24-18-13-20(33-4)19(32-3)12-17(18)23(28)31/h12-13,15-16H,5-11,14H2,1-4H3,(H,25,29). The number of rotatable bonds is 9. The van der Waals surface area contributed by atoms with Crippen molar-refractivity contribution in [2.75, 3.05) is 46.9 Å². The average Bonchev–Trinajstić information content (AvgIpc) is 2.79. The highest BCUT2D eigenvalue weighted by Crippen LogP contribution is 2.29. The molecule has 1 aliphatic rings. The van der Waals surface area contributed by atoms with Crippen molar-refractivity contribution in [3.05, 3.63) is 28.8 Å². The third-order valence-electron chi connectivity index (χ3n) is 5.66. The Morgan fingerprint density at radius 2 is 1.76 bits per heavy atom. The highest BCUT2D eigenvalue weighted by atomic mass is 16.5. The number of nitrogens with one attached hydrogen (secondary N) is 1. The summed E-state index contributed by atoms with van der Waals surface area (Å²) in [6, 6.07) is 3.43. The Morgan fingerprint density at radius 3 is 2.39 bits per heavy atom. The SMILES string of the molecule is COc1cc2ncn(CCCC(=O)N3CCN(CC(=O)NC(C)C)CC3)c(=O)c2cc1OC. The van der Waals surface area contributed by atoms with E-state index in [9.17, 15) is 14.4 Å². The van der Waals surface area contributed by atoms with Gasteiger partial charge in [-0.3, -0.25) is 23.9 Å². The highest BCUT2D eigenvalue weighted by Gasteiger charge is 2.22. The second kappa shape index (κ2) is 11.1. The van der Waals surface area contributed by atoms with Crippen LogP contribution in [-0.2, 0) is 16.1 Å². The Bertz CT molecular complexity index is 1040. The molecule has 10 heteroatoms. The molecule has 1 N–H and O–H groups in total. The largest absolute Gasteiger partial charge is 0.493 e. The maximum Gasteiger partial charge on any atom is 0.261 e. The van der Waals surface area contributed by atoms with Crippen molar-refractivity contribution in [2.24, 2.45) is 0 Å². The topological polar surface area (TPSA) is 106 Å². The molecule has 0 atom stereocenters. The molecular formula is C23H33N5O5. The summed E-state index contributed by atoms with van der Waals surface area (Å²) in [5.74, 6) is 1.06. The van der Waals surface area contributed by atoms with E-state index in [1.54, 1.807) is 12.1 Å². The Hall–Kier alpha value is -3.14. The maximum absolute atomic E-state index is 12.9. The van der Waals surface area contributed by atoms with Crippen molar-refractivity contribution in [2.45, 2.75) is 39.3 Å². The summed E-state index contributed by atoms with van der Waals surface area (Å²) < 4.78 is 12.1. The third kappa shape index (κ3) is 6.22. The number of ether oxygens (including phenoxy) is 2. The molecule has 2 amide bonds. The van der Waals surface area contributed by atoms with Gasteiger partial charge in [-0.05, 0) is 26.3 Å². The molecule has 0 saturated carbocycles. The Kier molecular flexibility index (Phi) is 8.26. The number of hydrogen-bond acceptors (Lipinski definition) is 7. The van der Waals surface area contributed by atoms with Gasteiger partial charge in [0, 0.05) is 51.3 Å². The fraction of sp³-hybridized carbons (Fsp3) is 0.565. The predicted molar refractivity (Wildman–Crippen MR) is 125 cm³/mol. The summed E-state index contributed by atoms with van der Waals surface area (Å²) in [5.41, 5.74) is 0.353. The number of fused-ring (bicyclic) bond motifs is 1. The monoisotopic (exact) mass is 459 g/mol. The maximum atomic E-state index is 12.9. The van der Waals surface area contributed by atoms with E-state index >= 15 is 0 Å². The Labute approximate surface area is 193 Å². The van der Waals surface area contributed by atoms with Gasteiger partial charge in [-0.2, -0.15) is 0 Å². The molecule has 2 heterocycles. The number of carbonyl (C=O) groups is 2. The average molecular weight is 460 g/mol. The van der Waals surface area contributed by atoms with E-state index in [1.807, 2.05) is 18.7 Å².